The van der Waals surface area contributed by atoms with E-state index >= 15 is 0 Å². The average molecular weight is 286 g/mol. The predicted octanol–water partition coefficient (Wildman–Crippen LogP) is 4.91. The van der Waals surface area contributed by atoms with Crippen LogP contribution in [0.1, 0.15) is 97.3 Å². The van der Waals surface area contributed by atoms with E-state index in [2.05, 4.69) is 6.92 Å². The average Bonchev–Trinajstić information content (AvgIpc) is 2.36. The minimum atomic E-state index is -0.984. The highest BCUT2D eigenvalue weighted by Crippen LogP contribution is 2.25. The van der Waals surface area contributed by atoms with Crippen LogP contribution in [0.4, 0.5) is 0 Å². The summed E-state index contributed by atoms with van der Waals surface area (Å²) in [4.78, 5) is 10.8. The van der Waals surface area contributed by atoms with Gasteiger partial charge in [0, 0.05) is 0 Å². The highest BCUT2D eigenvalue weighted by atomic mass is 16.4. The first-order chi connectivity index (χ1) is 9.54. The lowest BCUT2D eigenvalue weighted by Crippen LogP contribution is -2.31. The lowest BCUT2D eigenvalue weighted by Gasteiger charge is -2.26. The number of aliphatic hydroxyl groups is 1. The van der Waals surface area contributed by atoms with E-state index in [0.717, 1.165) is 19.3 Å². The first-order valence-electron chi connectivity index (χ1n) is 8.48. The predicted molar refractivity (Wildman–Crippen MR) is 84.0 cm³/mol. The number of rotatable bonds is 14. The molecular formula is C17H34O3. The van der Waals surface area contributed by atoms with Gasteiger partial charge in [0.25, 0.3) is 0 Å². The number of hydrogen-bond acceptors (Lipinski definition) is 2. The normalized spacial score (nSPS) is 14.2. The van der Waals surface area contributed by atoms with Gasteiger partial charge in [-0.3, -0.25) is 4.79 Å². The van der Waals surface area contributed by atoms with Gasteiger partial charge in [-0.15, -0.1) is 0 Å². The Hall–Kier alpha value is -0.570. The Kier molecular flexibility index (Phi) is 11.8. The largest absolute Gasteiger partial charge is 0.481 e. The molecule has 0 rings (SSSR count). The smallest absolute Gasteiger partial charge is 0.306 e. The minimum Gasteiger partial charge on any atom is -0.481 e. The summed E-state index contributed by atoms with van der Waals surface area (Å²) in [6.45, 7) is 4.22. The van der Waals surface area contributed by atoms with Gasteiger partial charge in [-0.2, -0.15) is 0 Å². The van der Waals surface area contributed by atoms with Crippen LogP contribution in [-0.4, -0.2) is 21.8 Å². The first kappa shape index (κ1) is 19.4. The van der Waals surface area contributed by atoms with Crippen molar-refractivity contribution in [3.8, 4) is 0 Å². The van der Waals surface area contributed by atoms with E-state index in [-0.39, 0.29) is 6.42 Å². The van der Waals surface area contributed by atoms with E-state index in [9.17, 15) is 9.90 Å². The molecule has 0 aliphatic carbocycles. The van der Waals surface area contributed by atoms with Gasteiger partial charge in [-0.05, 0) is 12.8 Å². The topological polar surface area (TPSA) is 57.5 Å². The summed E-state index contributed by atoms with van der Waals surface area (Å²) < 4.78 is 0. The Morgan fingerprint density at radius 3 is 1.75 bits per heavy atom. The van der Waals surface area contributed by atoms with Gasteiger partial charge >= 0.3 is 5.97 Å². The molecule has 20 heavy (non-hydrogen) atoms. The van der Waals surface area contributed by atoms with Crippen molar-refractivity contribution in [3.63, 3.8) is 0 Å². The Balaban J connectivity index is 3.61. The second-order valence-corrected chi connectivity index (χ2v) is 6.12. The highest BCUT2D eigenvalue weighted by molar-refractivity contribution is 5.68. The van der Waals surface area contributed by atoms with Crippen molar-refractivity contribution < 1.29 is 15.0 Å². The van der Waals surface area contributed by atoms with Crippen LogP contribution >= 0.6 is 0 Å². The van der Waals surface area contributed by atoms with Crippen molar-refractivity contribution in [3.05, 3.63) is 0 Å². The first-order valence-corrected chi connectivity index (χ1v) is 8.48. The molecule has 3 nitrogen and oxygen atoms in total. The van der Waals surface area contributed by atoms with Crippen LogP contribution < -0.4 is 0 Å². The van der Waals surface area contributed by atoms with Gasteiger partial charge < -0.3 is 10.2 Å². The third kappa shape index (κ3) is 11.3. The van der Waals surface area contributed by atoms with E-state index in [4.69, 9.17) is 5.11 Å². The summed E-state index contributed by atoms with van der Waals surface area (Å²) in [5.41, 5.74) is -0.984. The Morgan fingerprint density at radius 1 is 0.800 bits per heavy atom. The second-order valence-electron chi connectivity index (χ2n) is 6.12. The molecule has 0 bridgehead atoms. The molecule has 0 aromatic rings. The summed E-state index contributed by atoms with van der Waals surface area (Å²) in [7, 11) is 0. The molecule has 0 fully saturated rings. The standard InChI is InChI=1S/C17H34O3/c1-3-5-6-7-8-9-10-11-12-14-17(20,13-4-2)15-16(18)19/h20H,3-15H2,1-2H3,(H,18,19). The number of hydrogen-bond donors (Lipinski definition) is 2. The zero-order chi connectivity index (χ0) is 15.3. The zero-order valence-electron chi connectivity index (χ0n) is 13.5. The van der Waals surface area contributed by atoms with Crippen molar-refractivity contribution in [2.24, 2.45) is 0 Å². The summed E-state index contributed by atoms with van der Waals surface area (Å²) in [6.07, 6.45) is 13.1. The molecule has 0 radical (unpaired) electrons. The minimum absolute atomic E-state index is 0.113. The lowest BCUT2D eigenvalue weighted by molar-refractivity contribution is -0.143. The molecule has 0 saturated heterocycles. The van der Waals surface area contributed by atoms with Crippen molar-refractivity contribution in [2.45, 2.75) is 103 Å². The second kappa shape index (κ2) is 12.2. The number of carbonyl (C=O) groups is 1. The van der Waals surface area contributed by atoms with E-state index in [1.807, 2.05) is 6.92 Å². The van der Waals surface area contributed by atoms with Crippen LogP contribution in [0.15, 0.2) is 0 Å². The fourth-order valence-electron chi connectivity index (χ4n) is 2.81. The monoisotopic (exact) mass is 286 g/mol. The van der Waals surface area contributed by atoms with Gasteiger partial charge in [-0.1, -0.05) is 78.1 Å². The molecule has 0 aliphatic rings. The van der Waals surface area contributed by atoms with Crippen LogP contribution in [0.2, 0.25) is 0 Å². The molecule has 0 spiro atoms. The summed E-state index contributed by atoms with van der Waals surface area (Å²) in [5.74, 6) is -0.892. The molecule has 0 aromatic carbocycles. The van der Waals surface area contributed by atoms with Gasteiger partial charge in [0.05, 0.1) is 12.0 Å². The molecule has 0 heterocycles. The Labute approximate surface area is 124 Å². The molecule has 120 valence electrons. The van der Waals surface area contributed by atoms with Crippen LogP contribution in [0, 0.1) is 0 Å². The number of carboxylic acids is 1. The quantitative estimate of drug-likeness (QED) is 0.446. The Morgan fingerprint density at radius 2 is 1.30 bits per heavy atom. The van der Waals surface area contributed by atoms with E-state index < -0.39 is 11.6 Å². The zero-order valence-corrected chi connectivity index (χ0v) is 13.5. The third-order valence-corrected chi connectivity index (χ3v) is 3.94. The number of carboxylic acid groups (broad SMARTS) is 1. The molecule has 0 amide bonds. The van der Waals surface area contributed by atoms with Crippen molar-refractivity contribution >= 4 is 5.97 Å². The van der Waals surface area contributed by atoms with Crippen LogP contribution in [0.3, 0.4) is 0 Å². The number of unbranched alkanes of at least 4 members (excludes halogenated alkanes) is 8. The van der Waals surface area contributed by atoms with Crippen molar-refractivity contribution in [1.82, 2.24) is 0 Å². The SMILES string of the molecule is CCCCCCCCCCCC(O)(CCC)CC(=O)O. The fraction of sp³-hybridized carbons (Fsp3) is 0.941. The highest BCUT2D eigenvalue weighted by Gasteiger charge is 2.28. The molecule has 1 unspecified atom stereocenters. The van der Waals surface area contributed by atoms with Gasteiger partial charge in [-0.25, -0.2) is 0 Å². The molecular weight excluding hydrogens is 252 g/mol. The summed E-state index contributed by atoms with van der Waals surface area (Å²) in [6, 6.07) is 0. The molecule has 0 aliphatic heterocycles. The van der Waals surface area contributed by atoms with Crippen LogP contribution in [0.5, 0.6) is 0 Å². The molecule has 0 aromatic heterocycles. The van der Waals surface area contributed by atoms with E-state index in [1.54, 1.807) is 0 Å². The fourth-order valence-corrected chi connectivity index (χ4v) is 2.81. The van der Waals surface area contributed by atoms with Gasteiger partial charge in [0.2, 0.25) is 0 Å². The molecule has 2 N–H and O–H groups in total. The molecule has 3 heteroatoms. The third-order valence-electron chi connectivity index (χ3n) is 3.94. The van der Waals surface area contributed by atoms with Crippen molar-refractivity contribution in [2.75, 3.05) is 0 Å². The summed E-state index contributed by atoms with van der Waals surface area (Å²) >= 11 is 0. The Bertz CT molecular complexity index is 240. The number of aliphatic carboxylic acids is 1. The maximum absolute atomic E-state index is 10.8. The maximum atomic E-state index is 10.8. The summed E-state index contributed by atoms with van der Waals surface area (Å²) in [5, 5.41) is 19.2. The molecule has 1 atom stereocenters. The maximum Gasteiger partial charge on any atom is 0.306 e. The van der Waals surface area contributed by atoms with Gasteiger partial charge in [0.1, 0.15) is 0 Å². The van der Waals surface area contributed by atoms with Crippen molar-refractivity contribution in [1.29, 1.82) is 0 Å². The lowest BCUT2D eigenvalue weighted by atomic mass is 9.88. The van der Waals surface area contributed by atoms with Crippen LogP contribution in [-0.2, 0) is 4.79 Å². The van der Waals surface area contributed by atoms with E-state index in [1.165, 1.54) is 44.9 Å². The van der Waals surface area contributed by atoms with Gasteiger partial charge in [0.15, 0.2) is 0 Å². The van der Waals surface area contributed by atoms with Crippen LogP contribution in [0.25, 0.3) is 0 Å². The molecule has 0 saturated carbocycles. The van der Waals surface area contributed by atoms with E-state index in [0.29, 0.717) is 12.8 Å².